The third kappa shape index (κ3) is 4.22. The molecule has 5 heteroatoms. The van der Waals surface area contributed by atoms with Crippen LogP contribution in [0.3, 0.4) is 0 Å². The number of rotatable bonds is 7. The summed E-state index contributed by atoms with van der Waals surface area (Å²) < 4.78 is 5.21. The Labute approximate surface area is 141 Å². The van der Waals surface area contributed by atoms with Gasteiger partial charge in [0.15, 0.2) is 0 Å². The van der Waals surface area contributed by atoms with Crippen LogP contribution in [0.5, 0.6) is 0 Å². The van der Waals surface area contributed by atoms with Gasteiger partial charge < -0.3 is 10.1 Å². The largest absolute Gasteiger partial charge is 0.462 e. The number of esters is 1. The quantitative estimate of drug-likeness (QED) is 0.595. The van der Waals surface area contributed by atoms with Crippen molar-refractivity contribution in [2.45, 2.75) is 52.4 Å². The lowest BCUT2D eigenvalue weighted by Crippen LogP contribution is -2.17. The van der Waals surface area contributed by atoms with Crippen LogP contribution in [0.4, 0.5) is 5.00 Å². The zero-order valence-electron chi connectivity index (χ0n) is 13.9. The molecule has 0 bridgehead atoms. The third-order valence-corrected chi connectivity index (χ3v) is 5.42. The third-order valence-electron chi connectivity index (χ3n) is 4.25. The van der Waals surface area contributed by atoms with Crippen LogP contribution >= 0.6 is 11.3 Å². The molecule has 1 aromatic rings. The van der Waals surface area contributed by atoms with Crippen molar-refractivity contribution < 1.29 is 14.3 Å². The normalized spacial score (nSPS) is 16.5. The molecule has 0 saturated heterocycles. The minimum Gasteiger partial charge on any atom is -0.462 e. The Morgan fingerprint density at radius 3 is 2.87 bits per heavy atom. The van der Waals surface area contributed by atoms with Crippen LogP contribution in [0.2, 0.25) is 0 Å². The fourth-order valence-electron chi connectivity index (χ4n) is 2.93. The predicted octanol–water partition coefficient (Wildman–Crippen LogP) is 4.34. The molecule has 0 radical (unpaired) electrons. The fraction of sp³-hybridized carbons (Fsp3) is 0.556. The Kier molecular flexibility index (Phi) is 6.39. The van der Waals surface area contributed by atoms with Gasteiger partial charge in [-0.15, -0.1) is 17.9 Å². The summed E-state index contributed by atoms with van der Waals surface area (Å²) in [7, 11) is 0. The molecule has 1 aromatic heterocycles. The first-order valence-electron chi connectivity index (χ1n) is 8.33. The molecule has 1 amide bonds. The topological polar surface area (TPSA) is 55.4 Å². The first-order valence-corrected chi connectivity index (χ1v) is 9.14. The van der Waals surface area contributed by atoms with E-state index in [1.165, 1.54) is 16.2 Å². The van der Waals surface area contributed by atoms with E-state index in [4.69, 9.17) is 4.74 Å². The molecule has 0 spiro atoms. The van der Waals surface area contributed by atoms with E-state index in [1.807, 2.05) is 0 Å². The maximum absolute atomic E-state index is 12.4. The summed E-state index contributed by atoms with van der Waals surface area (Å²) in [6.07, 6.45) is 6.85. The minimum atomic E-state index is -0.320. The van der Waals surface area contributed by atoms with E-state index in [2.05, 4.69) is 18.8 Å². The number of fused-ring (bicyclic) bond motifs is 1. The number of nitrogens with one attached hydrogen (secondary N) is 1. The Bertz CT molecular complexity index is 591. The number of thiophene rings is 1. The lowest BCUT2D eigenvalue weighted by atomic mass is 9.85. The fourth-order valence-corrected chi connectivity index (χ4v) is 4.30. The number of carbonyl (C=O) groups excluding carboxylic acids is 2. The average Bonchev–Trinajstić information content (AvgIpc) is 2.89. The molecule has 0 aliphatic heterocycles. The van der Waals surface area contributed by atoms with Crippen molar-refractivity contribution in [3.63, 3.8) is 0 Å². The molecule has 1 aliphatic rings. The van der Waals surface area contributed by atoms with Crippen LogP contribution in [-0.2, 0) is 22.4 Å². The second-order valence-electron chi connectivity index (χ2n) is 5.82. The summed E-state index contributed by atoms with van der Waals surface area (Å²) in [6, 6.07) is 0. The second-order valence-corrected chi connectivity index (χ2v) is 6.93. The van der Waals surface area contributed by atoms with Crippen molar-refractivity contribution in [2.75, 3.05) is 11.9 Å². The lowest BCUT2D eigenvalue weighted by molar-refractivity contribution is -0.116. The Balaban J connectivity index is 2.28. The van der Waals surface area contributed by atoms with Crippen LogP contribution in [0.1, 0.15) is 60.3 Å². The van der Waals surface area contributed by atoms with E-state index in [9.17, 15) is 9.59 Å². The van der Waals surface area contributed by atoms with Crippen molar-refractivity contribution >= 4 is 28.2 Å². The molecule has 1 aliphatic carbocycles. The minimum absolute atomic E-state index is 0.0823. The standard InChI is InChI=1S/C18H25NO3S/c1-4-7-8-15(20)19-17-16(18(21)22-6-3)13-10-9-12(5-2)11-14(13)23-17/h4,12H,1,5-11H2,2-3H3,(H,19,20)/t12-/m0/s1. The Morgan fingerprint density at radius 2 is 2.22 bits per heavy atom. The van der Waals surface area contributed by atoms with Crippen LogP contribution in [0.15, 0.2) is 12.7 Å². The summed E-state index contributed by atoms with van der Waals surface area (Å²) in [5.41, 5.74) is 1.66. The Hall–Kier alpha value is -1.62. The summed E-state index contributed by atoms with van der Waals surface area (Å²) >= 11 is 1.54. The highest BCUT2D eigenvalue weighted by atomic mass is 32.1. The Morgan fingerprint density at radius 1 is 1.43 bits per heavy atom. The average molecular weight is 335 g/mol. The molecule has 0 fully saturated rings. The molecular weight excluding hydrogens is 310 g/mol. The molecule has 126 valence electrons. The van der Waals surface area contributed by atoms with Gasteiger partial charge >= 0.3 is 5.97 Å². The summed E-state index contributed by atoms with van der Waals surface area (Å²) in [5.74, 6) is 0.264. The van der Waals surface area contributed by atoms with E-state index in [1.54, 1.807) is 13.0 Å². The van der Waals surface area contributed by atoms with Gasteiger partial charge in [0.2, 0.25) is 5.91 Å². The van der Waals surface area contributed by atoms with E-state index in [0.717, 1.165) is 31.2 Å². The van der Waals surface area contributed by atoms with Crippen LogP contribution in [0.25, 0.3) is 0 Å². The van der Waals surface area contributed by atoms with Crippen molar-refractivity contribution in [2.24, 2.45) is 5.92 Å². The number of anilines is 1. The van der Waals surface area contributed by atoms with Crippen molar-refractivity contribution in [3.8, 4) is 0 Å². The molecule has 0 saturated carbocycles. The molecule has 23 heavy (non-hydrogen) atoms. The van der Waals surface area contributed by atoms with Gasteiger partial charge in [-0.25, -0.2) is 4.79 Å². The van der Waals surface area contributed by atoms with Crippen LogP contribution in [0, 0.1) is 5.92 Å². The number of hydrogen-bond donors (Lipinski definition) is 1. The van der Waals surface area contributed by atoms with Gasteiger partial charge in [0.1, 0.15) is 5.00 Å². The summed E-state index contributed by atoms with van der Waals surface area (Å²) in [6.45, 7) is 7.97. The molecule has 1 N–H and O–H groups in total. The number of hydrogen-bond acceptors (Lipinski definition) is 4. The van der Waals surface area contributed by atoms with E-state index < -0.39 is 0 Å². The van der Waals surface area contributed by atoms with Gasteiger partial charge in [-0.1, -0.05) is 19.4 Å². The number of allylic oxidation sites excluding steroid dienone is 1. The highest BCUT2D eigenvalue weighted by Crippen LogP contribution is 2.40. The highest BCUT2D eigenvalue weighted by Gasteiger charge is 2.29. The van der Waals surface area contributed by atoms with E-state index >= 15 is 0 Å². The van der Waals surface area contributed by atoms with Crippen LogP contribution < -0.4 is 5.32 Å². The lowest BCUT2D eigenvalue weighted by Gasteiger charge is -2.20. The van der Waals surface area contributed by atoms with E-state index in [-0.39, 0.29) is 11.9 Å². The van der Waals surface area contributed by atoms with Gasteiger partial charge in [0, 0.05) is 11.3 Å². The van der Waals surface area contributed by atoms with Gasteiger partial charge in [0.25, 0.3) is 0 Å². The summed E-state index contributed by atoms with van der Waals surface area (Å²) in [5, 5.41) is 3.56. The number of carbonyl (C=O) groups is 2. The second kappa shape index (κ2) is 8.29. The number of amides is 1. The van der Waals surface area contributed by atoms with Crippen LogP contribution in [-0.4, -0.2) is 18.5 Å². The molecule has 1 atom stereocenters. The first kappa shape index (κ1) is 17.7. The highest BCUT2D eigenvalue weighted by molar-refractivity contribution is 7.17. The zero-order chi connectivity index (χ0) is 16.8. The van der Waals surface area contributed by atoms with Gasteiger partial charge in [0.05, 0.1) is 12.2 Å². The van der Waals surface area contributed by atoms with Crippen molar-refractivity contribution in [1.82, 2.24) is 0 Å². The van der Waals surface area contributed by atoms with E-state index in [0.29, 0.717) is 35.9 Å². The van der Waals surface area contributed by atoms with Gasteiger partial charge in [-0.2, -0.15) is 0 Å². The maximum atomic E-state index is 12.4. The molecule has 4 nitrogen and oxygen atoms in total. The first-order chi connectivity index (χ1) is 11.1. The maximum Gasteiger partial charge on any atom is 0.341 e. The predicted molar refractivity (Wildman–Crippen MR) is 94.1 cm³/mol. The van der Waals surface area contributed by atoms with Gasteiger partial charge in [-0.3, -0.25) is 4.79 Å². The monoisotopic (exact) mass is 335 g/mol. The zero-order valence-corrected chi connectivity index (χ0v) is 14.8. The number of ether oxygens (including phenoxy) is 1. The smallest absolute Gasteiger partial charge is 0.341 e. The molecule has 0 unspecified atom stereocenters. The van der Waals surface area contributed by atoms with Crippen molar-refractivity contribution in [1.29, 1.82) is 0 Å². The van der Waals surface area contributed by atoms with Gasteiger partial charge in [-0.05, 0) is 44.1 Å². The molecular formula is C18H25NO3S. The molecule has 1 heterocycles. The molecule has 2 rings (SSSR count). The SMILES string of the molecule is C=CCCC(=O)Nc1sc2c(c1C(=O)OCC)CC[C@H](CC)C2. The summed E-state index contributed by atoms with van der Waals surface area (Å²) in [4.78, 5) is 25.6. The van der Waals surface area contributed by atoms with Crippen molar-refractivity contribution in [3.05, 3.63) is 28.7 Å². The molecule has 0 aromatic carbocycles.